The quantitative estimate of drug-likeness (QED) is 0.810. The van der Waals surface area contributed by atoms with Crippen molar-refractivity contribution in [3.05, 3.63) is 71.3 Å². The van der Waals surface area contributed by atoms with E-state index in [1.807, 2.05) is 41.3 Å². The minimum absolute atomic E-state index is 0.0544. The first-order valence-electron chi connectivity index (χ1n) is 8.85. The SMILES string of the molecule is O=C1OC(C(=O)N2CCCC2Cc2ccccc2)Cc2ccccc21. The van der Waals surface area contributed by atoms with E-state index < -0.39 is 6.10 Å². The van der Waals surface area contributed by atoms with Gasteiger partial charge >= 0.3 is 5.97 Å². The van der Waals surface area contributed by atoms with E-state index in [9.17, 15) is 9.59 Å². The first-order valence-corrected chi connectivity index (χ1v) is 8.85. The molecule has 1 fully saturated rings. The molecule has 0 radical (unpaired) electrons. The molecule has 1 amide bonds. The monoisotopic (exact) mass is 335 g/mol. The summed E-state index contributed by atoms with van der Waals surface area (Å²) in [5.41, 5.74) is 2.71. The van der Waals surface area contributed by atoms with Gasteiger partial charge in [0.2, 0.25) is 0 Å². The predicted octanol–water partition coefficient (Wildman–Crippen LogP) is 3.00. The third-order valence-electron chi connectivity index (χ3n) is 5.14. The summed E-state index contributed by atoms with van der Waals surface area (Å²) in [6.07, 6.45) is 2.62. The van der Waals surface area contributed by atoms with Gasteiger partial charge in [-0.05, 0) is 36.5 Å². The highest BCUT2D eigenvalue weighted by molar-refractivity contribution is 5.95. The molecular formula is C21H21NO3. The van der Waals surface area contributed by atoms with Crippen molar-refractivity contribution in [2.75, 3.05) is 6.54 Å². The summed E-state index contributed by atoms with van der Waals surface area (Å²) in [5.74, 6) is -0.444. The van der Waals surface area contributed by atoms with Crippen molar-refractivity contribution < 1.29 is 14.3 Å². The van der Waals surface area contributed by atoms with Crippen molar-refractivity contribution in [1.29, 1.82) is 0 Å². The zero-order valence-corrected chi connectivity index (χ0v) is 14.1. The summed E-state index contributed by atoms with van der Waals surface area (Å²) in [5, 5.41) is 0. The third kappa shape index (κ3) is 3.16. The maximum absolute atomic E-state index is 13.0. The molecule has 2 aliphatic rings. The van der Waals surface area contributed by atoms with Crippen LogP contribution in [0.4, 0.5) is 0 Å². The Morgan fingerprint density at radius 3 is 2.68 bits per heavy atom. The van der Waals surface area contributed by atoms with Crippen LogP contribution >= 0.6 is 0 Å². The van der Waals surface area contributed by atoms with E-state index in [0.717, 1.165) is 31.4 Å². The second-order valence-electron chi connectivity index (χ2n) is 6.77. The Kier molecular flexibility index (Phi) is 4.26. The van der Waals surface area contributed by atoms with Crippen LogP contribution in [-0.2, 0) is 22.4 Å². The number of carbonyl (C=O) groups excluding carboxylic acids is 2. The normalized spacial score (nSPS) is 22.4. The number of hydrogen-bond acceptors (Lipinski definition) is 3. The highest BCUT2D eigenvalue weighted by Gasteiger charge is 2.38. The lowest BCUT2D eigenvalue weighted by molar-refractivity contribution is -0.141. The number of cyclic esters (lactones) is 1. The second-order valence-corrected chi connectivity index (χ2v) is 6.77. The lowest BCUT2D eigenvalue weighted by Crippen LogP contribution is -2.47. The van der Waals surface area contributed by atoms with Crippen LogP contribution in [-0.4, -0.2) is 35.5 Å². The molecule has 2 aromatic carbocycles. The van der Waals surface area contributed by atoms with E-state index in [4.69, 9.17) is 4.74 Å². The molecule has 2 aromatic rings. The Balaban J connectivity index is 1.50. The Morgan fingerprint density at radius 2 is 1.84 bits per heavy atom. The Morgan fingerprint density at radius 1 is 1.08 bits per heavy atom. The minimum Gasteiger partial charge on any atom is -0.448 e. The number of benzene rings is 2. The van der Waals surface area contributed by atoms with Gasteiger partial charge in [0.1, 0.15) is 0 Å². The molecule has 4 nitrogen and oxygen atoms in total. The molecule has 2 heterocycles. The molecule has 0 aromatic heterocycles. The van der Waals surface area contributed by atoms with Gasteiger partial charge in [-0.2, -0.15) is 0 Å². The van der Waals surface area contributed by atoms with Crippen molar-refractivity contribution in [2.45, 2.75) is 37.8 Å². The van der Waals surface area contributed by atoms with Gasteiger partial charge in [-0.25, -0.2) is 4.79 Å². The summed E-state index contributed by atoms with van der Waals surface area (Å²) < 4.78 is 5.46. The van der Waals surface area contributed by atoms with Crippen molar-refractivity contribution in [2.24, 2.45) is 0 Å². The number of nitrogens with zero attached hydrogens (tertiary/aromatic N) is 1. The van der Waals surface area contributed by atoms with Crippen LogP contribution in [0.3, 0.4) is 0 Å². The molecule has 0 aliphatic carbocycles. The number of likely N-dealkylation sites (tertiary alicyclic amines) is 1. The first kappa shape index (κ1) is 15.9. The van der Waals surface area contributed by atoms with Gasteiger partial charge in [0.05, 0.1) is 5.56 Å². The summed E-state index contributed by atoms with van der Waals surface area (Å²) in [7, 11) is 0. The predicted molar refractivity (Wildman–Crippen MR) is 94.2 cm³/mol. The Bertz CT molecular complexity index is 787. The van der Waals surface area contributed by atoms with E-state index in [1.165, 1.54) is 5.56 Å². The van der Waals surface area contributed by atoms with Gasteiger partial charge in [-0.3, -0.25) is 4.79 Å². The van der Waals surface area contributed by atoms with E-state index in [-0.39, 0.29) is 17.9 Å². The summed E-state index contributed by atoms with van der Waals surface area (Å²) >= 11 is 0. The molecule has 2 atom stereocenters. The van der Waals surface area contributed by atoms with Crippen molar-refractivity contribution >= 4 is 11.9 Å². The number of hydrogen-bond donors (Lipinski definition) is 0. The van der Waals surface area contributed by atoms with Gasteiger partial charge in [-0.1, -0.05) is 48.5 Å². The van der Waals surface area contributed by atoms with Gasteiger partial charge in [0.15, 0.2) is 6.10 Å². The Hall–Kier alpha value is -2.62. The van der Waals surface area contributed by atoms with Crippen LogP contribution in [0.2, 0.25) is 0 Å². The highest BCUT2D eigenvalue weighted by Crippen LogP contribution is 2.26. The number of carbonyl (C=O) groups is 2. The smallest absolute Gasteiger partial charge is 0.339 e. The van der Waals surface area contributed by atoms with Gasteiger partial charge in [0.25, 0.3) is 5.91 Å². The van der Waals surface area contributed by atoms with Crippen LogP contribution in [0.25, 0.3) is 0 Å². The second kappa shape index (κ2) is 6.71. The van der Waals surface area contributed by atoms with Crippen molar-refractivity contribution in [1.82, 2.24) is 4.90 Å². The minimum atomic E-state index is -0.696. The topological polar surface area (TPSA) is 46.6 Å². The summed E-state index contributed by atoms with van der Waals surface area (Å²) in [6.45, 7) is 0.742. The molecule has 2 aliphatic heterocycles. The maximum atomic E-state index is 13.0. The molecule has 0 bridgehead atoms. The number of fused-ring (bicyclic) bond motifs is 1. The molecule has 0 N–H and O–H groups in total. The molecule has 2 unspecified atom stereocenters. The van der Waals surface area contributed by atoms with E-state index in [1.54, 1.807) is 6.07 Å². The number of ether oxygens (including phenoxy) is 1. The molecule has 4 rings (SSSR count). The van der Waals surface area contributed by atoms with Crippen molar-refractivity contribution in [3.63, 3.8) is 0 Å². The van der Waals surface area contributed by atoms with E-state index in [0.29, 0.717) is 12.0 Å². The molecule has 0 saturated carbocycles. The van der Waals surface area contributed by atoms with E-state index >= 15 is 0 Å². The first-order chi connectivity index (χ1) is 12.2. The van der Waals surface area contributed by atoms with Crippen LogP contribution in [0.15, 0.2) is 54.6 Å². The lowest BCUT2D eigenvalue weighted by Gasteiger charge is -2.31. The molecule has 4 heteroatoms. The molecular weight excluding hydrogens is 314 g/mol. The molecule has 128 valence electrons. The fraction of sp³-hybridized carbons (Fsp3) is 0.333. The summed E-state index contributed by atoms with van der Waals surface area (Å²) in [4.78, 5) is 27.1. The average molecular weight is 335 g/mol. The number of amides is 1. The third-order valence-corrected chi connectivity index (χ3v) is 5.14. The van der Waals surface area contributed by atoms with Gasteiger partial charge < -0.3 is 9.64 Å². The van der Waals surface area contributed by atoms with Gasteiger partial charge in [0, 0.05) is 19.0 Å². The molecule has 0 spiro atoms. The fourth-order valence-corrected chi connectivity index (χ4v) is 3.88. The van der Waals surface area contributed by atoms with Crippen LogP contribution in [0.5, 0.6) is 0 Å². The van der Waals surface area contributed by atoms with Crippen LogP contribution in [0.1, 0.15) is 34.3 Å². The van der Waals surface area contributed by atoms with Crippen LogP contribution in [0, 0.1) is 0 Å². The highest BCUT2D eigenvalue weighted by atomic mass is 16.5. The molecule has 1 saturated heterocycles. The zero-order chi connectivity index (χ0) is 17.2. The number of esters is 1. The number of rotatable bonds is 3. The van der Waals surface area contributed by atoms with Crippen LogP contribution < -0.4 is 0 Å². The van der Waals surface area contributed by atoms with Crippen molar-refractivity contribution in [3.8, 4) is 0 Å². The Labute approximate surface area is 147 Å². The molecule has 25 heavy (non-hydrogen) atoms. The standard InChI is InChI=1S/C21H21NO3/c23-20(19-14-16-9-4-5-11-18(16)21(24)25-19)22-12-6-10-17(22)13-15-7-2-1-3-8-15/h1-5,7-9,11,17,19H,6,10,12-14H2. The maximum Gasteiger partial charge on any atom is 0.339 e. The summed E-state index contributed by atoms with van der Waals surface area (Å²) in [6, 6.07) is 17.8. The van der Waals surface area contributed by atoms with Gasteiger partial charge in [-0.15, -0.1) is 0 Å². The lowest BCUT2D eigenvalue weighted by atomic mass is 9.97. The van der Waals surface area contributed by atoms with E-state index in [2.05, 4.69) is 12.1 Å². The average Bonchev–Trinajstić information content (AvgIpc) is 3.10. The largest absolute Gasteiger partial charge is 0.448 e. The zero-order valence-electron chi connectivity index (χ0n) is 14.1. The fourth-order valence-electron chi connectivity index (χ4n) is 3.88.